The minimum atomic E-state index is -0.766. The number of aromatic nitrogens is 1. The first-order valence-electron chi connectivity index (χ1n) is 9.73. The van der Waals surface area contributed by atoms with Crippen LogP contribution < -0.4 is 4.74 Å². The van der Waals surface area contributed by atoms with Crippen molar-refractivity contribution in [2.24, 2.45) is 0 Å². The second-order valence-corrected chi connectivity index (χ2v) is 7.10. The number of carbonyl (C=O) groups is 1. The van der Waals surface area contributed by atoms with Gasteiger partial charge in [0.15, 0.2) is 0 Å². The van der Waals surface area contributed by atoms with Crippen LogP contribution in [-0.4, -0.2) is 40.2 Å². The quantitative estimate of drug-likeness (QED) is 0.696. The summed E-state index contributed by atoms with van der Waals surface area (Å²) in [6.45, 7) is 3.29. The molecule has 0 aliphatic carbocycles. The molecule has 2 unspecified atom stereocenters. The number of para-hydroxylation sites is 1. The van der Waals surface area contributed by atoms with Crippen LogP contribution in [0.25, 0.3) is 10.9 Å². The molecule has 144 valence electrons. The number of hydrogen-bond donors (Lipinski definition) is 1. The molecule has 0 amide bonds. The molecule has 2 atom stereocenters. The van der Waals surface area contributed by atoms with Crippen LogP contribution in [0.15, 0.2) is 60.8 Å². The molecule has 1 aromatic heterocycles. The number of benzene rings is 2. The Labute approximate surface area is 164 Å². The fourth-order valence-corrected chi connectivity index (χ4v) is 4.12. The number of carboxylic acids is 1. The van der Waals surface area contributed by atoms with Gasteiger partial charge in [-0.25, -0.2) is 0 Å². The highest BCUT2D eigenvalue weighted by molar-refractivity contribution is 5.79. The van der Waals surface area contributed by atoms with Crippen LogP contribution in [0.1, 0.15) is 36.9 Å². The van der Waals surface area contributed by atoms with Crippen LogP contribution in [-0.2, 0) is 4.79 Å². The van der Waals surface area contributed by atoms with Crippen LogP contribution in [0.3, 0.4) is 0 Å². The van der Waals surface area contributed by atoms with Gasteiger partial charge in [0.05, 0.1) is 18.2 Å². The highest BCUT2D eigenvalue weighted by Gasteiger charge is 2.37. The van der Waals surface area contributed by atoms with Gasteiger partial charge in [0, 0.05) is 18.1 Å². The first kappa shape index (κ1) is 18.4. The molecule has 2 aromatic carbocycles. The van der Waals surface area contributed by atoms with Crippen LogP contribution >= 0.6 is 0 Å². The number of likely N-dealkylation sites (tertiary alicyclic amines) is 1. The molecule has 1 fully saturated rings. The molecule has 0 bridgehead atoms. The van der Waals surface area contributed by atoms with E-state index >= 15 is 0 Å². The van der Waals surface area contributed by atoms with Crippen molar-refractivity contribution in [3.05, 3.63) is 71.9 Å². The van der Waals surface area contributed by atoms with E-state index in [9.17, 15) is 9.90 Å². The lowest BCUT2D eigenvalue weighted by atomic mass is 9.96. The third-order valence-electron chi connectivity index (χ3n) is 5.32. The molecule has 0 saturated carbocycles. The summed E-state index contributed by atoms with van der Waals surface area (Å²) in [4.78, 5) is 18.6. The SMILES string of the molecule is CCOc1cccc(C(c2cnc3ccccc3c2)N2CCCC2C(=O)O)c1. The molecular formula is C23H24N2O3. The molecule has 1 N–H and O–H groups in total. The van der Waals surface area contributed by atoms with Crippen LogP contribution in [0.4, 0.5) is 0 Å². The molecule has 0 spiro atoms. The van der Waals surface area contributed by atoms with E-state index in [0.717, 1.165) is 40.7 Å². The van der Waals surface area contributed by atoms with Gasteiger partial charge >= 0.3 is 5.97 Å². The number of fused-ring (bicyclic) bond motifs is 1. The zero-order chi connectivity index (χ0) is 19.5. The fourth-order valence-electron chi connectivity index (χ4n) is 4.12. The monoisotopic (exact) mass is 376 g/mol. The Balaban J connectivity index is 1.82. The molecule has 3 aromatic rings. The molecule has 28 heavy (non-hydrogen) atoms. The first-order chi connectivity index (χ1) is 13.7. The smallest absolute Gasteiger partial charge is 0.320 e. The minimum Gasteiger partial charge on any atom is -0.494 e. The van der Waals surface area contributed by atoms with E-state index in [0.29, 0.717) is 13.0 Å². The van der Waals surface area contributed by atoms with Gasteiger partial charge in [0.1, 0.15) is 11.8 Å². The fraction of sp³-hybridized carbons (Fsp3) is 0.304. The maximum absolute atomic E-state index is 11.9. The number of ether oxygens (including phenoxy) is 1. The number of aliphatic carboxylic acids is 1. The first-order valence-corrected chi connectivity index (χ1v) is 9.73. The van der Waals surface area contributed by atoms with Gasteiger partial charge < -0.3 is 9.84 Å². The molecule has 5 heteroatoms. The average Bonchev–Trinajstić information content (AvgIpc) is 3.18. The van der Waals surface area contributed by atoms with Crippen molar-refractivity contribution in [3.63, 3.8) is 0 Å². The maximum Gasteiger partial charge on any atom is 0.320 e. The van der Waals surface area contributed by atoms with E-state index < -0.39 is 12.0 Å². The average molecular weight is 376 g/mol. The molecule has 1 aliphatic rings. The third kappa shape index (κ3) is 3.58. The number of hydrogen-bond acceptors (Lipinski definition) is 4. The molecular weight excluding hydrogens is 352 g/mol. The summed E-state index contributed by atoms with van der Waals surface area (Å²) < 4.78 is 5.69. The highest BCUT2D eigenvalue weighted by Crippen LogP contribution is 2.36. The third-order valence-corrected chi connectivity index (χ3v) is 5.32. The second-order valence-electron chi connectivity index (χ2n) is 7.10. The summed E-state index contributed by atoms with van der Waals surface area (Å²) in [7, 11) is 0. The number of carboxylic acid groups (broad SMARTS) is 1. The topological polar surface area (TPSA) is 62.7 Å². The largest absolute Gasteiger partial charge is 0.494 e. The van der Waals surface area contributed by atoms with E-state index in [4.69, 9.17) is 4.74 Å². The summed E-state index contributed by atoms with van der Waals surface area (Å²) in [5, 5.41) is 10.8. The Bertz CT molecular complexity index is 988. The zero-order valence-corrected chi connectivity index (χ0v) is 15.9. The van der Waals surface area contributed by atoms with Gasteiger partial charge in [-0.3, -0.25) is 14.7 Å². The molecule has 2 heterocycles. The van der Waals surface area contributed by atoms with E-state index in [-0.39, 0.29) is 6.04 Å². The Morgan fingerprint density at radius 1 is 1.21 bits per heavy atom. The van der Waals surface area contributed by atoms with E-state index in [1.54, 1.807) is 0 Å². The summed E-state index contributed by atoms with van der Waals surface area (Å²) in [5.74, 6) is 0.0297. The van der Waals surface area contributed by atoms with Gasteiger partial charge in [-0.1, -0.05) is 30.3 Å². The number of rotatable bonds is 6. The molecule has 5 nitrogen and oxygen atoms in total. The van der Waals surface area contributed by atoms with Gasteiger partial charge in [0.25, 0.3) is 0 Å². The number of nitrogens with zero attached hydrogens (tertiary/aromatic N) is 2. The van der Waals surface area contributed by atoms with E-state index in [2.05, 4.69) is 16.0 Å². The Kier molecular flexibility index (Phi) is 5.26. The molecule has 0 radical (unpaired) electrons. The predicted molar refractivity (Wildman–Crippen MR) is 109 cm³/mol. The lowest BCUT2D eigenvalue weighted by Crippen LogP contribution is -2.39. The van der Waals surface area contributed by atoms with Crippen molar-refractivity contribution in [2.45, 2.75) is 31.8 Å². The Morgan fingerprint density at radius 3 is 2.89 bits per heavy atom. The summed E-state index contributed by atoms with van der Waals surface area (Å²) in [6.07, 6.45) is 3.41. The Hall–Kier alpha value is -2.92. The summed E-state index contributed by atoms with van der Waals surface area (Å²) >= 11 is 0. The van der Waals surface area contributed by atoms with Crippen molar-refractivity contribution in [2.75, 3.05) is 13.2 Å². The highest BCUT2D eigenvalue weighted by atomic mass is 16.5. The molecule has 1 aliphatic heterocycles. The van der Waals surface area contributed by atoms with Crippen molar-refractivity contribution >= 4 is 16.9 Å². The van der Waals surface area contributed by atoms with Gasteiger partial charge in [-0.2, -0.15) is 0 Å². The van der Waals surface area contributed by atoms with Gasteiger partial charge in [0.2, 0.25) is 0 Å². The standard InChI is InChI=1S/C23H24N2O3/c1-2-28-19-9-5-8-17(14-19)22(25-12-6-11-21(25)23(26)27)18-13-16-7-3-4-10-20(16)24-15-18/h3-5,7-10,13-15,21-22H,2,6,11-12H2,1H3,(H,26,27). The van der Waals surface area contributed by atoms with Crippen molar-refractivity contribution < 1.29 is 14.6 Å². The van der Waals surface area contributed by atoms with Gasteiger partial charge in [-0.15, -0.1) is 0 Å². The normalized spacial score (nSPS) is 18.2. The lowest BCUT2D eigenvalue weighted by molar-refractivity contribution is -0.142. The zero-order valence-electron chi connectivity index (χ0n) is 15.9. The number of pyridine rings is 1. The Morgan fingerprint density at radius 2 is 2.07 bits per heavy atom. The van der Waals surface area contributed by atoms with Crippen molar-refractivity contribution in [1.82, 2.24) is 9.88 Å². The predicted octanol–water partition coefficient (Wildman–Crippen LogP) is 4.27. The van der Waals surface area contributed by atoms with Crippen LogP contribution in [0.2, 0.25) is 0 Å². The maximum atomic E-state index is 11.9. The minimum absolute atomic E-state index is 0.180. The van der Waals surface area contributed by atoms with Crippen molar-refractivity contribution in [1.29, 1.82) is 0 Å². The van der Waals surface area contributed by atoms with Crippen molar-refractivity contribution in [3.8, 4) is 5.75 Å². The van der Waals surface area contributed by atoms with Gasteiger partial charge in [-0.05, 0) is 55.2 Å². The second kappa shape index (κ2) is 7.98. The summed E-state index contributed by atoms with van der Waals surface area (Å²) in [5.41, 5.74) is 2.96. The summed E-state index contributed by atoms with van der Waals surface area (Å²) in [6, 6.07) is 17.4. The van der Waals surface area contributed by atoms with E-state index in [1.165, 1.54) is 0 Å². The molecule has 1 saturated heterocycles. The van der Waals surface area contributed by atoms with E-state index in [1.807, 2.05) is 61.7 Å². The molecule has 4 rings (SSSR count). The van der Waals surface area contributed by atoms with Crippen LogP contribution in [0.5, 0.6) is 5.75 Å². The van der Waals surface area contributed by atoms with Crippen LogP contribution in [0, 0.1) is 0 Å². The lowest BCUT2D eigenvalue weighted by Gasteiger charge is -2.32.